The molecule has 0 saturated heterocycles. The first-order valence-electron chi connectivity index (χ1n) is 14.7. The molecule has 11 nitrogen and oxygen atoms in total. The Morgan fingerprint density at radius 3 is 2.18 bits per heavy atom. The third kappa shape index (κ3) is 11.4. The van der Waals surface area contributed by atoms with Crippen molar-refractivity contribution in [2.45, 2.75) is 57.2 Å². The maximum Gasteiger partial charge on any atom is 0.262 e. The molecule has 2 atom stereocenters. The second-order valence-corrected chi connectivity index (χ2v) is 12.2. The molecule has 0 aliphatic carbocycles. The van der Waals surface area contributed by atoms with Gasteiger partial charge in [0.05, 0.1) is 18.5 Å². The number of ether oxygens (including phenoxy) is 1. The minimum atomic E-state index is -0.847. The van der Waals surface area contributed by atoms with Gasteiger partial charge in [-0.25, -0.2) is 0 Å². The van der Waals surface area contributed by atoms with E-state index in [2.05, 4.69) is 21.3 Å². The summed E-state index contributed by atoms with van der Waals surface area (Å²) in [5.41, 5.74) is 12.1. The van der Waals surface area contributed by atoms with Gasteiger partial charge in [-0.3, -0.25) is 19.2 Å². The van der Waals surface area contributed by atoms with Gasteiger partial charge in [0.2, 0.25) is 17.7 Å². The zero-order valence-corrected chi connectivity index (χ0v) is 26.6. The van der Waals surface area contributed by atoms with E-state index in [4.69, 9.17) is 16.2 Å². The van der Waals surface area contributed by atoms with E-state index in [9.17, 15) is 19.2 Å². The molecule has 2 heterocycles. The zero-order chi connectivity index (χ0) is 31.7. The summed E-state index contributed by atoms with van der Waals surface area (Å²) in [6.45, 7) is 0.852. The number of nitrogens with one attached hydrogen (secondary N) is 4. The number of amides is 4. The lowest BCUT2D eigenvalue weighted by molar-refractivity contribution is -0.130. The molecule has 0 saturated carbocycles. The highest BCUT2D eigenvalue weighted by atomic mass is 32.1. The first-order valence-corrected chi connectivity index (χ1v) is 16.4. The van der Waals surface area contributed by atoms with Gasteiger partial charge in [-0.05, 0) is 92.9 Å². The van der Waals surface area contributed by atoms with E-state index in [1.165, 1.54) is 11.3 Å². The largest absolute Gasteiger partial charge is 0.497 e. The molecule has 2 aromatic heterocycles. The summed E-state index contributed by atoms with van der Waals surface area (Å²) in [4.78, 5) is 54.5. The molecule has 4 amide bonds. The summed E-state index contributed by atoms with van der Waals surface area (Å²) in [5, 5.41) is 13.0. The van der Waals surface area contributed by atoms with Crippen LogP contribution in [0.25, 0.3) is 9.75 Å². The highest BCUT2D eigenvalue weighted by Crippen LogP contribution is 2.31. The van der Waals surface area contributed by atoms with Gasteiger partial charge in [-0.2, -0.15) is 0 Å². The standard InChI is InChI=1S/C31H42N6O5S2/c1-42-22-9-6-8-21(18-22)19-34-29(39)23(10-2-4-15-32)36-28(38)20-35-30(40)24(11-3-5-16-33)37-31(41)27-14-13-26(44-27)25-12-7-17-43-25/h6-9,12-14,17-18,23-24H,2-5,10-11,15-16,19-20,32-33H2,1H3,(H,34,39)(H,35,40)(H,36,38)(H,37,41)/t23-,24-/m0/s1. The number of benzene rings is 1. The molecule has 0 bridgehead atoms. The number of hydrogen-bond donors (Lipinski definition) is 6. The first kappa shape index (κ1) is 34.7. The fourth-order valence-electron chi connectivity index (χ4n) is 4.39. The lowest BCUT2D eigenvalue weighted by Gasteiger charge is -2.20. The fourth-order valence-corrected chi connectivity index (χ4v) is 6.14. The summed E-state index contributed by atoms with van der Waals surface area (Å²) in [6.07, 6.45) is 3.43. The summed E-state index contributed by atoms with van der Waals surface area (Å²) in [5.74, 6) is -1.02. The summed E-state index contributed by atoms with van der Waals surface area (Å²) in [7, 11) is 1.57. The molecule has 3 aromatic rings. The molecular weight excluding hydrogens is 601 g/mol. The molecule has 0 aliphatic heterocycles. The van der Waals surface area contributed by atoms with Crippen LogP contribution in [0, 0.1) is 0 Å². The molecule has 238 valence electrons. The van der Waals surface area contributed by atoms with E-state index in [0.29, 0.717) is 62.2 Å². The van der Waals surface area contributed by atoms with Crippen LogP contribution in [0.5, 0.6) is 5.75 Å². The minimum absolute atomic E-state index is 0.263. The topological polar surface area (TPSA) is 178 Å². The van der Waals surface area contributed by atoms with Crippen LogP contribution in [0.3, 0.4) is 0 Å². The monoisotopic (exact) mass is 642 g/mol. The number of carbonyl (C=O) groups is 4. The first-order chi connectivity index (χ1) is 21.3. The van der Waals surface area contributed by atoms with Gasteiger partial charge in [-0.1, -0.05) is 18.2 Å². The Bertz CT molecular complexity index is 1350. The summed E-state index contributed by atoms with van der Waals surface area (Å²) >= 11 is 2.94. The molecule has 13 heteroatoms. The van der Waals surface area contributed by atoms with Crippen LogP contribution in [0.4, 0.5) is 0 Å². The SMILES string of the molecule is COc1cccc(CNC(=O)[C@H](CCCCN)NC(=O)CNC(=O)[C@H](CCCCN)NC(=O)c2ccc(-c3cccs3)s2)c1. The van der Waals surface area contributed by atoms with Crippen molar-refractivity contribution < 1.29 is 23.9 Å². The highest BCUT2D eigenvalue weighted by Gasteiger charge is 2.24. The van der Waals surface area contributed by atoms with Crippen LogP contribution in [-0.4, -0.2) is 62.5 Å². The van der Waals surface area contributed by atoms with Gasteiger partial charge in [0.25, 0.3) is 5.91 Å². The number of rotatable bonds is 19. The third-order valence-corrected chi connectivity index (χ3v) is 8.93. The number of hydrogen-bond acceptors (Lipinski definition) is 9. The zero-order valence-electron chi connectivity index (χ0n) is 24.9. The quantitative estimate of drug-likeness (QED) is 0.109. The fraction of sp³-hybridized carbons (Fsp3) is 0.419. The Hall–Kier alpha value is -3.78. The van der Waals surface area contributed by atoms with Crippen LogP contribution in [0.1, 0.15) is 53.8 Å². The number of nitrogens with two attached hydrogens (primary N) is 2. The molecule has 0 spiro atoms. The van der Waals surface area contributed by atoms with Crippen LogP contribution in [0.15, 0.2) is 53.9 Å². The Labute approximate surface area is 266 Å². The van der Waals surface area contributed by atoms with Crippen molar-refractivity contribution in [3.05, 3.63) is 64.4 Å². The van der Waals surface area contributed by atoms with Crippen molar-refractivity contribution >= 4 is 46.3 Å². The van der Waals surface area contributed by atoms with Gasteiger partial charge in [0.1, 0.15) is 17.8 Å². The lowest BCUT2D eigenvalue weighted by atomic mass is 10.1. The van der Waals surface area contributed by atoms with Crippen molar-refractivity contribution in [2.24, 2.45) is 11.5 Å². The highest BCUT2D eigenvalue weighted by molar-refractivity contribution is 7.22. The predicted octanol–water partition coefficient (Wildman–Crippen LogP) is 2.76. The van der Waals surface area contributed by atoms with Crippen molar-refractivity contribution in [3.63, 3.8) is 0 Å². The van der Waals surface area contributed by atoms with Crippen molar-refractivity contribution in [1.29, 1.82) is 0 Å². The number of carbonyl (C=O) groups excluding carboxylic acids is 4. The van der Waals surface area contributed by atoms with Gasteiger partial charge in [0, 0.05) is 16.3 Å². The van der Waals surface area contributed by atoms with E-state index >= 15 is 0 Å². The Morgan fingerprint density at radius 2 is 1.52 bits per heavy atom. The molecule has 0 fully saturated rings. The number of unbranched alkanes of at least 4 members (excludes halogenated alkanes) is 2. The molecular formula is C31H42N6O5S2. The van der Waals surface area contributed by atoms with Crippen molar-refractivity contribution in [2.75, 3.05) is 26.7 Å². The molecule has 8 N–H and O–H groups in total. The molecule has 0 radical (unpaired) electrons. The molecule has 0 unspecified atom stereocenters. The van der Waals surface area contributed by atoms with Gasteiger partial charge in [-0.15, -0.1) is 22.7 Å². The smallest absolute Gasteiger partial charge is 0.262 e. The predicted molar refractivity (Wildman–Crippen MR) is 174 cm³/mol. The van der Waals surface area contributed by atoms with Gasteiger partial charge >= 0.3 is 0 Å². The van der Waals surface area contributed by atoms with Crippen LogP contribution >= 0.6 is 22.7 Å². The average molecular weight is 643 g/mol. The third-order valence-electron chi connectivity index (χ3n) is 6.79. The molecule has 0 aliphatic rings. The van der Waals surface area contributed by atoms with Gasteiger partial charge in [0.15, 0.2) is 0 Å². The Kier molecular flexibility index (Phi) is 14.8. The van der Waals surface area contributed by atoms with Gasteiger partial charge < -0.3 is 37.5 Å². The minimum Gasteiger partial charge on any atom is -0.497 e. The molecule has 1 aromatic carbocycles. The van der Waals surface area contributed by atoms with Crippen LogP contribution in [0.2, 0.25) is 0 Å². The maximum absolute atomic E-state index is 13.1. The second-order valence-electron chi connectivity index (χ2n) is 10.1. The van der Waals surface area contributed by atoms with E-state index in [-0.39, 0.29) is 24.9 Å². The van der Waals surface area contributed by atoms with Crippen molar-refractivity contribution in [3.8, 4) is 15.5 Å². The maximum atomic E-state index is 13.1. The average Bonchev–Trinajstić information content (AvgIpc) is 3.75. The van der Waals surface area contributed by atoms with E-state index in [0.717, 1.165) is 15.3 Å². The second kappa shape index (κ2) is 18.8. The lowest BCUT2D eigenvalue weighted by Crippen LogP contribution is -2.52. The van der Waals surface area contributed by atoms with E-state index in [1.54, 1.807) is 24.5 Å². The molecule has 3 rings (SSSR count). The summed E-state index contributed by atoms with van der Waals surface area (Å²) < 4.78 is 5.23. The van der Waals surface area contributed by atoms with Crippen LogP contribution in [-0.2, 0) is 20.9 Å². The van der Waals surface area contributed by atoms with E-state index < -0.39 is 23.9 Å². The summed E-state index contributed by atoms with van der Waals surface area (Å²) in [6, 6.07) is 13.2. The molecule has 44 heavy (non-hydrogen) atoms. The van der Waals surface area contributed by atoms with Crippen LogP contribution < -0.4 is 37.5 Å². The van der Waals surface area contributed by atoms with Crippen molar-refractivity contribution in [1.82, 2.24) is 21.3 Å². The number of methoxy groups -OCH3 is 1. The van der Waals surface area contributed by atoms with E-state index in [1.807, 2.05) is 47.8 Å². The Balaban J connectivity index is 1.56. The number of thiophene rings is 2. The Morgan fingerprint density at radius 1 is 0.818 bits per heavy atom. The normalized spacial score (nSPS) is 12.2.